The Morgan fingerprint density at radius 2 is 1.87 bits per heavy atom. The molecule has 112 valence electrons. The van der Waals surface area contributed by atoms with Crippen molar-refractivity contribution in [3.63, 3.8) is 0 Å². The van der Waals surface area contributed by atoms with Crippen LogP contribution in [0.4, 0.5) is 0 Å². The van der Waals surface area contributed by atoms with Gasteiger partial charge in [-0.05, 0) is 18.2 Å². The highest BCUT2D eigenvalue weighted by atomic mass is 79.9. The Kier molecular flexibility index (Phi) is 3.42. The fraction of sp³-hybridized carbons (Fsp3) is 0.0556. The summed E-state index contributed by atoms with van der Waals surface area (Å²) in [6, 6.07) is 17.6. The fourth-order valence-corrected chi connectivity index (χ4v) is 3.12. The highest BCUT2D eigenvalue weighted by molar-refractivity contribution is 9.10. The molecule has 0 aliphatic carbocycles. The molecule has 0 fully saturated rings. The molecule has 0 spiro atoms. The number of fused-ring (bicyclic) bond motifs is 3. The van der Waals surface area contributed by atoms with E-state index in [1.807, 2.05) is 53.1 Å². The fourth-order valence-electron chi connectivity index (χ4n) is 2.76. The molecule has 0 saturated carbocycles. The molecular formula is C18H12BrN3O. The predicted octanol–water partition coefficient (Wildman–Crippen LogP) is 3.35. The SMILES string of the molecule is O=c1ccn2c(n1)CN=C(c1ccccc1)c1cc(Br)ccc1-2. The van der Waals surface area contributed by atoms with E-state index >= 15 is 0 Å². The summed E-state index contributed by atoms with van der Waals surface area (Å²) in [6.07, 6.45) is 1.76. The molecule has 3 aromatic rings. The molecule has 2 aromatic carbocycles. The molecule has 1 aliphatic rings. The number of rotatable bonds is 1. The van der Waals surface area contributed by atoms with Crippen LogP contribution in [-0.2, 0) is 6.54 Å². The minimum atomic E-state index is -0.242. The summed E-state index contributed by atoms with van der Waals surface area (Å²) >= 11 is 3.54. The number of halogens is 1. The van der Waals surface area contributed by atoms with Crippen molar-refractivity contribution < 1.29 is 0 Å². The summed E-state index contributed by atoms with van der Waals surface area (Å²) in [7, 11) is 0. The highest BCUT2D eigenvalue weighted by Crippen LogP contribution is 2.26. The van der Waals surface area contributed by atoms with Gasteiger partial charge in [-0.15, -0.1) is 0 Å². The van der Waals surface area contributed by atoms with Gasteiger partial charge in [0, 0.05) is 27.9 Å². The zero-order valence-electron chi connectivity index (χ0n) is 12.1. The molecule has 0 N–H and O–H groups in total. The third-order valence-electron chi connectivity index (χ3n) is 3.78. The van der Waals surface area contributed by atoms with Crippen LogP contribution in [0.3, 0.4) is 0 Å². The van der Waals surface area contributed by atoms with E-state index in [0.717, 1.165) is 27.0 Å². The third-order valence-corrected chi connectivity index (χ3v) is 4.28. The average Bonchev–Trinajstić information content (AvgIpc) is 2.72. The third kappa shape index (κ3) is 2.53. The second kappa shape index (κ2) is 5.59. The predicted molar refractivity (Wildman–Crippen MR) is 93.3 cm³/mol. The second-order valence-corrected chi connectivity index (χ2v) is 6.16. The average molecular weight is 366 g/mol. The first kappa shape index (κ1) is 14.1. The van der Waals surface area contributed by atoms with E-state index in [-0.39, 0.29) is 5.56 Å². The van der Waals surface area contributed by atoms with Gasteiger partial charge in [-0.2, -0.15) is 4.98 Å². The topological polar surface area (TPSA) is 47.2 Å². The van der Waals surface area contributed by atoms with E-state index in [9.17, 15) is 4.79 Å². The van der Waals surface area contributed by atoms with Crippen molar-refractivity contribution in [1.29, 1.82) is 0 Å². The minimum absolute atomic E-state index is 0.242. The molecule has 1 aromatic heterocycles. The van der Waals surface area contributed by atoms with Gasteiger partial charge in [-0.25, -0.2) is 0 Å². The van der Waals surface area contributed by atoms with Crippen LogP contribution in [0.15, 0.2) is 75.1 Å². The molecule has 2 heterocycles. The lowest BCUT2D eigenvalue weighted by atomic mass is 10.0. The van der Waals surface area contributed by atoms with Crippen LogP contribution >= 0.6 is 15.9 Å². The van der Waals surface area contributed by atoms with Gasteiger partial charge in [0.2, 0.25) is 0 Å². The number of hydrogen-bond acceptors (Lipinski definition) is 3. The first-order valence-electron chi connectivity index (χ1n) is 7.21. The van der Waals surface area contributed by atoms with Crippen molar-refractivity contribution in [2.45, 2.75) is 6.54 Å². The molecule has 0 saturated heterocycles. The number of hydrogen-bond donors (Lipinski definition) is 0. The lowest BCUT2D eigenvalue weighted by Gasteiger charge is -2.13. The lowest BCUT2D eigenvalue weighted by molar-refractivity contribution is 0.819. The molecule has 4 nitrogen and oxygen atoms in total. The smallest absolute Gasteiger partial charge is 0.272 e. The van der Waals surface area contributed by atoms with Crippen molar-refractivity contribution in [3.8, 4) is 5.69 Å². The van der Waals surface area contributed by atoms with Gasteiger partial charge in [0.1, 0.15) is 5.82 Å². The Balaban J connectivity index is 2.02. The second-order valence-electron chi connectivity index (χ2n) is 5.24. The van der Waals surface area contributed by atoms with Crippen molar-refractivity contribution >= 4 is 21.6 Å². The van der Waals surface area contributed by atoms with Crippen molar-refractivity contribution in [2.24, 2.45) is 4.99 Å². The van der Waals surface area contributed by atoms with Crippen LogP contribution in [0, 0.1) is 0 Å². The monoisotopic (exact) mass is 365 g/mol. The van der Waals surface area contributed by atoms with Crippen molar-refractivity contribution in [3.05, 3.63) is 92.6 Å². The Hall–Kier alpha value is -2.53. The Labute approximate surface area is 141 Å². The lowest BCUT2D eigenvalue weighted by Crippen LogP contribution is -2.15. The standard InChI is InChI=1S/C18H12BrN3O/c19-13-6-7-15-14(10-13)18(12-4-2-1-3-5-12)20-11-16-21-17(23)8-9-22(15)16/h1-10H,11H2. The van der Waals surface area contributed by atoms with Crippen LogP contribution in [0.2, 0.25) is 0 Å². The van der Waals surface area contributed by atoms with Crippen LogP contribution in [0.25, 0.3) is 5.69 Å². The van der Waals surface area contributed by atoms with Gasteiger partial charge >= 0.3 is 0 Å². The maximum absolute atomic E-state index is 11.6. The number of benzene rings is 2. The van der Waals surface area contributed by atoms with E-state index in [1.165, 1.54) is 6.07 Å². The molecule has 0 radical (unpaired) electrons. The molecule has 1 aliphatic heterocycles. The number of aromatic nitrogens is 2. The zero-order valence-corrected chi connectivity index (χ0v) is 13.7. The van der Waals surface area contributed by atoms with Gasteiger partial charge in [-0.3, -0.25) is 9.79 Å². The molecule has 5 heteroatoms. The molecule has 0 bridgehead atoms. The van der Waals surface area contributed by atoms with E-state index in [1.54, 1.807) is 6.20 Å². The van der Waals surface area contributed by atoms with Gasteiger partial charge in [0.15, 0.2) is 0 Å². The summed E-state index contributed by atoms with van der Waals surface area (Å²) in [4.78, 5) is 20.4. The van der Waals surface area contributed by atoms with Crippen LogP contribution < -0.4 is 5.56 Å². The normalized spacial score (nSPS) is 12.8. The Morgan fingerprint density at radius 1 is 1.04 bits per heavy atom. The summed E-state index contributed by atoms with van der Waals surface area (Å²) < 4.78 is 2.92. The maximum atomic E-state index is 11.6. The Morgan fingerprint density at radius 3 is 2.70 bits per heavy atom. The number of nitrogens with zero attached hydrogens (tertiary/aromatic N) is 3. The quantitative estimate of drug-likeness (QED) is 0.663. The molecule has 0 amide bonds. The van der Waals surface area contributed by atoms with E-state index in [0.29, 0.717) is 12.4 Å². The zero-order chi connectivity index (χ0) is 15.8. The first-order valence-corrected chi connectivity index (χ1v) is 8.00. The summed E-state index contributed by atoms with van der Waals surface area (Å²) in [5.74, 6) is 0.645. The summed E-state index contributed by atoms with van der Waals surface area (Å²) in [6.45, 7) is 0.368. The Bertz CT molecular complexity index is 977. The van der Waals surface area contributed by atoms with Gasteiger partial charge in [-0.1, -0.05) is 46.3 Å². The highest BCUT2D eigenvalue weighted by Gasteiger charge is 2.19. The number of aliphatic imine (C=N–C) groups is 1. The van der Waals surface area contributed by atoms with Crippen LogP contribution in [0.1, 0.15) is 17.0 Å². The van der Waals surface area contributed by atoms with Crippen molar-refractivity contribution in [2.75, 3.05) is 0 Å². The van der Waals surface area contributed by atoms with Gasteiger partial charge in [0.05, 0.1) is 17.9 Å². The molecule has 0 unspecified atom stereocenters. The van der Waals surface area contributed by atoms with E-state index in [4.69, 9.17) is 4.99 Å². The first-order chi connectivity index (χ1) is 11.2. The van der Waals surface area contributed by atoms with Crippen LogP contribution in [0.5, 0.6) is 0 Å². The molecular weight excluding hydrogens is 354 g/mol. The van der Waals surface area contributed by atoms with Gasteiger partial charge < -0.3 is 4.57 Å². The van der Waals surface area contributed by atoms with E-state index < -0.39 is 0 Å². The summed E-state index contributed by atoms with van der Waals surface area (Å²) in [5, 5.41) is 0. The molecule has 23 heavy (non-hydrogen) atoms. The maximum Gasteiger partial charge on any atom is 0.272 e. The molecule has 0 atom stereocenters. The van der Waals surface area contributed by atoms with Crippen LogP contribution in [-0.4, -0.2) is 15.3 Å². The van der Waals surface area contributed by atoms with Crippen molar-refractivity contribution in [1.82, 2.24) is 9.55 Å². The van der Waals surface area contributed by atoms with Gasteiger partial charge in [0.25, 0.3) is 5.56 Å². The summed E-state index contributed by atoms with van der Waals surface area (Å²) in [5.41, 5.74) is 3.68. The largest absolute Gasteiger partial charge is 0.303 e. The minimum Gasteiger partial charge on any atom is -0.303 e. The van der Waals surface area contributed by atoms with E-state index in [2.05, 4.69) is 20.9 Å². The molecule has 4 rings (SSSR count).